The van der Waals surface area contributed by atoms with E-state index in [4.69, 9.17) is 0 Å². The molecule has 0 heterocycles. The van der Waals surface area contributed by atoms with Gasteiger partial charge < -0.3 is 6.92 Å². The summed E-state index contributed by atoms with van der Waals surface area (Å²) in [5.74, 6) is 0. The zero-order valence-corrected chi connectivity index (χ0v) is 11.5. The maximum absolute atomic E-state index is 3.76. The van der Waals surface area contributed by atoms with E-state index in [0.717, 1.165) is 6.42 Å². The molecule has 0 aliphatic rings. The van der Waals surface area contributed by atoms with Crippen LogP contribution in [0.15, 0.2) is 0 Å². The zero-order chi connectivity index (χ0) is 7.54. The average Bonchev–Trinajstić information content (AvgIpc) is 1.94. The van der Waals surface area contributed by atoms with Gasteiger partial charge in [-0.15, -0.1) is 0 Å². The molecule has 9 heavy (non-hydrogen) atoms. The number of hydrogen-bond donors (Lipinski definition) is 0. The minimum atomic E-state index is 1.11. The van der Waals surface area contributed by atoms with Crippen LogP contribution in [0.4, 0.5) is 0 Å². The number of rotatable bonds is 4. The molecule has 0 rings (SSSR count). The van der Waals surface area contributed by atoms with Gasteiger partial charge in [-0.25, -0.2) is 0 Å². The molecule has 0 spiro atoms. The summed E-state index contributed by atoms with van der Waals surface area (Å²) in [5, 5.41) is 0. The number of unbranched alkanes of at least 4 members (excludes halogenated alkanes) is 4. The van der Waals surface area contributed by atoms with Crippen molar-refractivity contribution in [3.8, 4) is 0 Å². The third-order valence-electron chi connectivity index (χ3n) is 1.10. The van der Waals surface area contributed by atoms with Crippen LogP contribution >= 0.6 is 19.8 Å². The Morgan fingerprint density at radius 2 is 1.78 bits per heavy atom. The fourth-order valence-corrected chi connectivity index (χ4v) is 0.604. The second-order valence-corrected chi connectivity index (χ2v) is 1.91. The van der Waals surface area contributed by atoms with E-state index in [-0.39, 0.29) is 0 Å². The Morgan fingerprint density at radius 3 is 2.11 bits per heavy atom. The van der Waals surface area contributed by atoms with Crippen molar-refractivity contribution in [2.45, 2.75) is 39.0 Å². The average molecular weight is 291 g/mol. The number of hydrogen-bond acceptors (Lipinski definition) is 0. The van der Waals surface area contributed by atoms with Crippen LogP contribution in [-0.4, -0.2) is 0 Å². The Labute approximate surface area is 80.0 Å². The summed E-state index contributed by atoms with van der Waals surface area (Å²) in [7, 11) is 0. The molecule has 52 valence electrons. The van der Waals surface area contributed by atoms with Crippen molar-refractivity contribution in [3.05, 3.63) is 6.92 Å². The zero-order valence-electron chi connectivity index (χ0n) is 6.33. The molecule has 0 radical (unpaired) electrons. The second kappa shape index (κ2) is 16.2. The summed E-state index contributed by atoms with van der Waals surface area (Å²) in [6.07, 6.45) is 6.52. The van der Waals surface area contributed by atoms with Gasteiger partial charge in [0.15, 0.2) is 0 Å². The molecule has 0 fully saturated rings. The Morgan fingerprint density at radius 1 is 1.22 bits per heavy atom. The first-order chi connectivity index (χ1) is 4.41. The van der Waals surface area contributed by atoms with Crippen molar-refractivity contribution in [3.63, 3.8) is 0 Å². The molecule has 0 bridgehead atoms. The molecule has 0 atom stereocenters. The quantitative estimate of drug-likeness (QED) is 0.321. The van der Waals surface area contributed by atoms with Gasteiger partial charge >= 0.3 is 34.5 Å². The molecular formula is C7H15IZn. The molecular weight excluding hydrogens is 276 g/mol. The SMILES string of the molecule is [CH2-]CCCCCC.[Zn+][I]. The standard InChI is InChI=1S/C7H15.HI.Zn/c1-3-5-7-6-4-2;;/h1,3-7H2,2H3;1H;/q-1;;+2/p-1. The van der Waals surface area contributed by atoms with E-state index in [1.807, 2.05) is 0 Å². The van der Waals surface area contributed by atoms with Gasteiger partial charge in [-0.1, -0.05) is 32.6 Å². The molecule has 0 aromatic rings. The molecule has 0 N–H and O–H groups in total. The van der Waals surface area contributed by atoms with Crippen LogP contribution in [0.5, 0.6) is 0 Å². The first-order valence-electron chi connectivity index (χ1n) is 3.47. The van der Waals surface area contributed by atoms with Gasteiger partial charge in [0.05, 0.1) is 0 Å². The third kappa shape index (κ3) is 17.6. The molecule has 0 aromatic heterocycles. The molecule has 2 heteroatoms. The fraction of sp³-hybridized carbons (Fsp3) is 0.857. The van der Waals surface area contributed by atoms with Crippen molar-refractivity contribution in [1.82, 2.24) is 0 Å². The van der Waals surface area contributed by atoms with E-state index in [9.17, 15) is 0 Å². The van der Waals surface area contributed by atoms with Crippen LogP contribution in [0.25, 0.3) is 0 Å². The van der Waals surface area contributed by atoms with E-state index >= 15 is 0 Å². The molecule has 0 unspecified atom stereocenters. The Hall–Kier alpha value is 1.35. The first-order valence-corrected chi connectivity index (χ1v) is 12.5. The predicted octanol–water partition coefficient (Wildman–Crippen LogP) is 3.67. The van der Waals surface area contributed by atoms with Gasteiger partial charge in [-0.3, -0.25) is 0 Å². The summed E-state index contributed by atoms with van der Waals surface area (Å²) in [6, 6.07) is 0. The molecule has 0 amide bonds. The molecule has 0 saturated carbocycles. The van der Waals surface area contributed by atoms with Crippen LogP contribution in [0.1, 0.15) is 39.0 Å². The van der Waals surface area contributed by atoms with Crippen molar-refractivity contribution >= 4 is 19.8 Å². The fourth-order valence-electron chi connectivity index (χ4n) is 0.604. The van der Waals surface area contributed by atoms with Gasteiger partial charge in [0.1, 0.15) is 0 Å². The van der Waals surface area contributed by atoms with Crippen LogP contribution in [0.2, 0.25) is 0 Å². The van der Waals surface area contributed by atoms with E-state index in [1.54, 1.807) is 0 Å². The van der Waals surface area contributed by atoms with Gasteiger partial charge in [0, 0.05) is 0 Å². The van der Waals surface area contributed by atoms with E-state index < -0.39 is 0 Å². The summed E-state index contributed by atoms with van der Waals surface area (Å²) in [5.41, 5.74) is 0. The summed E-state index contributed by atoms with van der Waals surface area (Å²) in [4.78, 5) is 0. The van der Waals surface area contributed by atoms with Gasteiger partial charge in [0.25, 0.3) is 0 Å². The molecule has 0 aliphatic heterocycles. The molecule has 0 saturated heterocycles. The molecule has 0 aromatic carbocycles. The van der Waals surface area contributed by atoms with Crippen LogP contribution < -0.4 is 0 Å². The Kier molecular flexibility index (Phi) is 23.3. The summed E-state index contributed by atoms with van der Waals surface area (Å²) >= 11 is 3.62. The monoisotopic (exact) mass is 290 g/mol. The van der Waals surface area contributed by atoms with Gasteiger partial charge in [-0.2, -0.15) is 6.42 Å². The Bertz CT molecular complexity index is 28.1. The van der Waals surface area contributed by atoms with Crippen LogP contribution in [0.3, 0.4) is 0 Å². The second-order valence-electron chi connectivity index (χ2n) is 1.91. The van der Waals surface area contributed by atoms with E-state index in [1.165, 1.54) is 40.5 Å². The topological polar surface area (TPSA) is 0 Å². The normalized spacial score (nSPS) is 8.11. The maximum atomic E-state index is 3.76. The van der Waals surface area contributed by atoms with Crippen molar-refractivity contribution in [1.29, 1.82) is 0 Å². The van der Waals surface area contributed by atoms with Crippen molar-refractivity contribution in [2.24, 2.45) is 0 Å². The van der Waals surface area contributed by atoms with E-state index in [2.05, 4.69) is 33.6 Å². The first kappa shape index (κ1) is 13.0. The number of halogens is 1. The minimum absolute atomic E-state index is 1.11. The summed E-state index contributed by atoms with van der Waals surface area (Å²) in [6.45, 7) is 5.98. The molecule has 0 aliphatic carbocycles. The molecule has 0 nitrogen and oxygen atoms in total. The van der Waals surface area contributed by atoms with Gasteiger partial charge in [0.2, 0.25) is 0 Å². The van der Waals surface area contributed by atoms with Crippen molar-refractivity contribution in [2.75, 3.05) is 0 Å². The van der Waals surface area contributed by atoms with Crippen molar-refractivity contribution < 1.29 is 14.8 Å². The third-order valence-corrected chi connectivity index (χ3v) is 1.10. The van der Waals surface area contributed by atoms with E-state index in [0.29, 0.717) is 0 Å². The van der Waals surface area contributed by atoms with Crippen LogP contribution in [0, 0.1) is 6.92 Å². The predicted molar refractivity (Wildman–Crippen MR) is 48.1 cm³/mol. The van der Waals surface area contributed by atoms with Gasteiger partial charge in [-0.05, 0) is 0 Å². The Balaban J connectivity index is 0. The summed E-state index contributed by atoms with van der Waals surface area (Å²) < 4.78 is 0. The van der Waals surface area contributed by atoms with Crippen LogP contribution in [-0.2, 0) is 14.8 Å².